The molecule has 0 aromatic heterocycles. The molecular formula is C26H21BrN2O4S. The van der Waals surface area contributed by atoms with Crippen molar-refractivity contribution in [2.24, 2.45) is 0 Å². The molecule has 3 aromatic carbocycles. The van der Waals surface area contributed by atoms with Crippen molar-refractivity contribution < 1.29 is 19.1 Å². The predicted molar refractivity (Wildman–Crippen MR) is 139 cm³/mol. The predicted octanol–water partition coefficient (Wildman–Crippen LogP) is 5.26. The van der Waals surface area contributed by atoms with E-state index in [4.69, 9.17) is 21.7 Å². The van der Waals surface area contributed by atoms with E-state index in [1.165, 1.54) is 11.0 Å². The lowest BCUT2D eigenvalue weighted by Crippen LogP contribution is -2.54. The number of anilines is 1. The van der Waals surface area contributed by atoms with Gasteiger partial charge in [0.1, 0.15) is 12.2 Å². The molecule has 172 valence electrons. The lowest BCUT2D eigenvalue weighted by molar-refractivity contribution is -0.122. The van der Waals surface area contributed by atoms with Gasteiger partial charge >= 0.3 is 0 Å². The number of rotatable bonds is 7. The van der Waals surface area contributed by atoms with Gasteiger partial charge in [0.15, 0.2) is 16.6 Å². The van der Waals surface area contributed by atoms with Crippen molar-refractivity contribution in [2.75, 3.05) is 11.5 Å². The van der Waals surface area contributed by atoms with E-state index in [-0.39, 0.29) is 10.7 Å². The summed E-state index contributed by atoms with van der Waals surface area (Å²) in [5.74, 6) is -0.0165. The molecule has 1 saturated heterocycles. The van der Waals surface area contributed by atoms with Crippen molar-refractivity contribution in [3.63, 3.8) is 0 Å². The third-order valence-electron chi connectivity index (χ3n) is 4.98. The van der Waals surface area contributed by atoms with Crippen molar-refractivity contribution in [3.05, 3.63) is 94.0 Å². The van der Waals surface area contributed by atoms with Gasteiger partial charge in [-0.25, -0.2) is 0 Å². The first kappa shape index (κ1) is 23.7. The summed E-state index contributed by atoms with van der Waals surface area (Å²) >= 11 is 8.79. The molecule has 0 saturated carbocycles. The van der Waals surface area contributed by atoms with E-state index in [1.54, 1.807) is 36.4 Å². The van der Waals surface area contributed by atoms with Crippen molar-refractivity contribution in [2.45, 2.75) is 13.5 Å². The molecule has 0 bridgehead atoms. The minimum Gasteiger partial charge on any atom is -0.490 e. The summed E-state index contributed by atoms with van der Waals surface area (Å²) < 4.78 is 12.5. The van der Waals surface area contributed by atoms with Crippen LogP contribution in [-0.2, 0) is 16.2 Å². The molecule has 8 heteroatoms. The van der Waals surface area contributed by atoms with E-state index in [0.717, 1.165) is 5.56 Å². The normalized spacial score (nSPS) is 14.8. The van der Waals surface area contributed by atoms with E-state index in [1.807, 2.05) is 43.3 Å². The monoisotopic (exact) mass is 536 g/mol. The third kappa shape index (κ3) is 5.18. The fraction of sp³-hybridized carbons (Fsp3) is 0.115. The third-order valence-corrected chi connectivity index (χ3v) is 5.86. The second-order valence-electron chi connectivity index (χ2n) is 7.33. The van der Waals surface area contributed by atoms with E-state index in [2.05, 4.69) is 21.2 Å². The number of para-hydroxylation sites is 1. The van der Waals surface area contributed by atoms with E-state index in [0.29, 0.717) is 40.4 Å². The van der Waals surface area contributed by atoms with Crippen LogP contribution in [0.25, 0.3) is 6.08 Å². The first-order chi connectivity index (χ1) is 16.5. The first-order valence-electron chi connectivity index (χ1n) is 10.6. The van der Waals surface area contributed by atoms with Gasteiger partial charge < -0.3 is 9.47 Å². The highest BCUT2D eigenvalue weighted by Crippen LogP contribution is 2.38. The number of benzene rings is 3. The molecule has 0 spiro atoms. The number of nitrogens with one attached hydrogen (secondary N) is 1. The molecular weight excluding hydrogens is 516 g/mol. The topological polar surface area (TPSA) is 67.9 Å². The second-order valence-corrected chi connectivity index (χ2v) is 8.57. The number of halogens is 1. The molecule has 3 aromatic rings. The number of ether oxygens (including phenoxy) is 2. The Bertz CT molecular complexity index is 1260. The molecule has 1 N–H and O–H groups in total. The standard InChI is InChI=1S/C26H21BrN2O4S/c1-2-32-22-15-18(14-21(27)23(22)33-16-17-9-5-3-6-10-17)13-20-24(30)28-26(34)29(25(20)31)19-11-7-4-8-12-19/h3-15H,2,16H2,1H3,(H,28,30,34)/b20-13-. The van der Waals surface area contributed by atoms with Crippen LogP contribution in [0, 0.1) is 0 Å². The molecule has 0 atom stereocenters. The molecule has 4 rings (SSSR count). The zero-order valence-corrected chi connectivity index (χ0v) is 20.7. The number of amides is 2. The molecule has 6 nitrogen and oxygen atoms in total. The maximum atomic E-state index is 13.2. The van der Waals surface area contributed by atoms with Crippen molar-refractivity contribution in [3.8, 4) is 11.5 Å². The SMILES string of the molecule is CCOc1cc(/C=C2/C(=O)NC(=S)N(c3ccccc3)C2=O)cc(Br)c1OCc1ccccc1. The summed E-state index contributed by atoms with van der Waals surface area (Å²) in [5.41, 5.74) is 2.15. The van der Waals surface area contributed by atoms with Gasteiger partial charge in [-0.2, -0.15) is 0 Å². The zero-order chi connectivity index (χ0) is 24.1. The van der Waals surface area contributed by atoms with E-state index < -0.39 is 11.8 Å². The number of nitrogens with zero attached hydrogens (tertiary/aromatic N) is 1. The molecule has 2 amide bonds. The zero-order valence-electron chi connectivity index (χ0n) is 18.3. The maximum absolute atomic E-state index is 13.2. The highest BCUT2D eigenvalue weighted by molar-refractivity contribution is 9.10. The van der Waals surface area contributed by atoms with Crippen LogP contribution in [0.3, 0.4) is 0 Å². The Balaban J connectivity index is 1.66. The van der Waals surface area contributed by atoms with Gasteiger partial charge in [-0.1, -0.05) is 48.5 Å². The second kappa shape index (κ2) is 10.6. The quantitative estimate of drug-likeness (QED) is 0.253. The van der Waals surface area contributed by atoms with Gasteiger partial charge in [0, 0.05) is 0 Å². The van der Waals surface area contributed by atoms with Gasteiger partial charge in [0.05, 0.1) is 16.8 Å². The van der Waals surface area contributed by atoms with Crippen LogP contribution in [-0.4, -0.2) is 23.5 Å². The Morgan fingerprint density at radius 3 is 2.35 bits per heavy atom. The van der Waals surface area contributed by atoms with Gasteiger partial charge in [0.25, 0.3) is 11.8 Å². The molecule has 0 radical (unpaired) electrons. The Morgan fingerprint density at radius 2 is 1.68 bits per heavy atom. The summed E-state index contributed by atoms with van der Waals surface area (Å²) in [6.07, 6.45) is 1.52. The summed E-state index contributed by atoms with van der Waals surface area (Å²) in [7, 11) is 0. The minimum atomic E-state index is -0.555. The summed E-state index contributed by atoms with van der Waals surface area (Å²) in [5, 5.41) is 2.64. The highest BCUT2D eigenvalue weighted by atomic mass is 79.9. The molecule has 1 fully saturated rings. The number of hydrogen-bond acceptors (Lipinski definition) is 5. The number of carbonyl (C=O) groups is 2. The summed E-state index contributed by atoms with van der Waals surface area (Å²) in [4.78, 5) is 27.2. The fourth-order valence-electron chi connectivity index (χ4n) is 3.44. The van der Waals surface area contributed by atoms with E-state index in [9.17, 15) is 9.59 Å². The van der Waals surface area contributed by atoms with Crippen LogP contribution >= 0.6 is 28.1 Å². The van der Waals surface area contributed by atoms with Crippen molar-refractivity contribution >= 4 is 56.8 Å². The Morgan fingerprint density at radius 1 is 1.00 bits per heavy atom. The average molecular weight is 537 g/mol. The van der Waals surface area contributed by atoms with E-state index >= 15 is 0 Å². The number of hydrogen-bond donors (Lipinski definition) is 1. The lowest BCUT2D eigenvalue weighted by Gasteiger charge is -2.28. The molecule has 0 unspecified atom stereocenters. The Kier molecular flexibility index (Phi) is 7.40. The molecule has 1 heterocycles. The lowest BCUT2D eigenvalue weighted by atomic mass is 10.1. The number of carbonyl (C=O) groups excluding carboxylic acids is 2. The molecule has 1 aliphatic heterocycles. The largest absolute Gasteiger partial charge is 0.490 e. The molecule has 0 aliphatic carbocycles. The summed E-state index contributed by atoms with van der Waals surface area (Å²) in [6.45, 7) is 2.66. The Hall–Kier alpha value is -3.49. The van der Waals surface area contributed by atoms with Gasteiger partial charge in [-0.05, 0) is 76.5 Å². The van der Waals surface area contributed by atoms with Crippen LogP contribution in [0.1, 0.15) is 18.1 Å². The van der Waals surface area contributed by atoms with Gasteiger partial charge in [-0.15, -0.1) is 0 Å². The van der Waals surface area contributed by atoms with Crippen LogP contribution in [0.5, 0.6) is 11.5 Å². The highest BCUT2D eigenvalue weighted by Gasteiger charge is 2.34. The minimum absolute atomic E-state index is 0.0373. The summed E-state index contributed by atoms with van der Waals surface area (Å²) in [6, 6.07) is 22.2. The Labute approximate surface area is 211 Å². The average Bonchev–Trinajstić information content (AvgIpc) is 2.83. The smallest absolute Gasteiger partial charge is 0.270 e. The van der Waals surface area contributed by atoms with Crippen LogP contribution in [0.2, 0.25) is 0 Å². The van der Waals surface area contributed by atoms with Crippen molar-refractivity contribution in [1.82, 2.24) is 5.32 Å². The number of thiocarbonyl (C=S) groups is 1. The van der Waals surface area contributed by atoms with Crippen LogP contribution in [0.15, 0.2) is 82.8 Å². The van der Waals surface area contributed by atoms with Crippen molar-refractivity contribution in [1.29, 1.82) is 0 Å². The first-order valence-corrected chi connectivity index (χ1v) is 11.8. The fourth-order valence-corrected chi connectivity index (χ4v) is 4.29. The van der Waals surface area contributed by atoms with Crippen LogP contribution < -0.4 is 19.7 Å². The van der Waals surface area contributed by atoms with Gasteiger partial charge in [-0.3, -0.25) is 19.8 Å². The molecule has 34 heavy (non-hydrogen) atoms. The van der Waals surface area contributed by atoms with Gasteiger partial charge in [0.2, 0.25) is 0 Å². The van der Waals surface area contributed by atoms with Crippen LogP contribution in [0.4, 0.5) is 5.69 Å². The maximum Gasteiger partial charge on any atom is 0.270 e. The molecule has 1 aliphatic rings.